The summed E-state index contributed by atoms with van der Waals surface area (Å²) in [6.45, 7) is 8.55. The summed E-state index contributed by atoms with van der Waals surface area (Å²) in [6.07, 6.45) is 8.68. The van der Waals surface area contributed by atoms with Crippen molar-refractivity contribution in [2.24, 2.45) is 10.5 Å². The summed E-state index contributed by atoms with van der Waals surface area (Å²) in [4.78, 5) is 16.2. The molecule has 2 aromatic rings. The molecule has 0 aliphatic heterocycles. The molecule has 1 aliphatic rings. The molecule has 0 radical (unpaired) electrons. The van der Waals surface area contributed by atoms with Crippen molar-refractivity contribution in [3.8, 4) is 0 Å². The van der Waals surface area contributed by atoms with Crippen LogP contribution in [0.25, 0.3) is 0 Å². The number of hydrazone groups is 1. The maximum Gasteiger partial charge on any atom is 0.250 e. The van der Waals surface area contributed by atoms with Crippen molar-refractivity contribution in [1.82, 2.24) is 9.55 Å². The number of anilines is 1. The van der Waals surface area contributed by atoms with Crippen LogP contribution in [0.1, 0.15) is 44.4 Å². The van der Waals surface area contributed by atoms with E-state index in [4.69, 9.17) is 0 Å². The molecule has 0 atom stereocenters. The average Bonchev–Trinajstić information content (AvgIpc) is 3.36. The van der Waals surface area contributed by atoms with Crippen LogP contribution in [0.15, 0.2) is 53.1 Å². The Labute approximate surface area is 158 Å². The summed E-state index contributed by atoms with van der Waals surface area (Å²) in [6, 6.07) is 4.61. The van der Waals surface area contributed by atoms with Gasteiger partial charge in [-0.3, -0.25) is 15.2 Å². The van der Waals surface area contributed by atoms with Crippen LogP contribution in [0.4, 0.5) is 10.1 Å². The quantitative estimate of drug-likeness (QED) is 0.563. The number of nitrogens with one attached hydrogen (secondary N) is 1. The highest BCUT2D eigenvalue weighted by atomic mass is 19.1. The molecule has 3 rings (SSSR count). The van der Waals surface area contributed by atoms with Crippen molar-refractivity contribution in [1.29, 1.82) is 0 Å². The smallest absolute Gasteiger partial charge is 0.250 e. The highest BCUT2D eigenvalue weighted by molar-refractivity contribution is 6.08. The van der Waals surface area contributed by atoms with Crippen LogP contribution < -0.4 is 11.0 Å². The van der Waals surface area contributed by atoms with Gasteiger partial charge in [0.05, 0.1) is 17.0 Å². The second-order valence-corrected chi connectivity index (χ2v) is 7.41. The molecule has 27 heavy (non-hydrogen) atoms. The topological polar surface area (TPSA) is 59.3 Å². The number of nitrogens with zero attached hydrogens (tertiary/aromatic N) is 3. The zero-order valence-corrected chi connectivity index (χ0v) is 15.8. The lowest BCUT2D eigenvalue weighted by Crippen LogP contribution is -2.18. The van der Waals surface area contributed by atoms with Gasteiger partial charge in [-0.15, -0.1) is 0 Å². The standard InChI is InChI=1S/C21H25FN4O/c1-4-10-26-14-15(6-7-20(26)27)24-25-19(5-2)17-13-23-16(11-18(17)22)12-21(3)8-9-21/h5-7,11,13-14,24H,2,4,8-10,12H2,1,3H3/b25-19+. The van der Waals surface area contributed by atoms with Crippen LogP contribution in [-0.2, 0) is 13.0 Å². The number of hydrogen-bond acceptors (Lipinski definition) is 4. The molecule has 142 valence electrons. The Morgan fingerprint density at radius 2 is 2.26 bits per heavy atom. The summed E-state index contributed by atoms with van der Waals surface area (Å²) in [7, 11) is 0. The van der Waals surface area contributed by atoms with Gasteiger partial charge in [0, 0.05) is 30.7 Å². The molecule has 0 bridgehead atoms. The fourth-order valence-electron chi connectivity index (χ4n) is 2.94. The molecule has 0 unspecified atom stereocenters. The first kappa shape index (κ1) is 19.0. The monoisotopic (exact) mass is 368 g/mol. The first-order valence-electron chi connectivity index (χ1n) is 9.25. The number of pyridine rings is 2. The minimum absolute atomic E-state index is 0.0643. The molecule has 0 saturated heterocycles. The second kappa shape index (κ2) is 7.86. The molecule has 0 aromatic carbocycles. The molecular formula is C21H25FN4O. The predicted molar refractivity (Wildman–Crippen MR) is 107 cm³/mol. The van der Waals surface area contributed by atoms with Gasteiger partial charge in [0.1, 0.15) is 5.82 Å². The van der Waals surface area contributed by atoms with Gasteiger partial charge in [-0.25, -0.2) is 4.39 Å². The second-order valence-electron chi connectivity index (χ2n) is 7.41. The van der Waals surface area contributed by atoms with Gasteiger partial charge >= 0.3 is 0 Å². The third-order valence-electron chi connectivity index (χ3n) is 4.84. The van der Waals surface area contributed by atoms with Crippen LogP contribution in [0.3, 0.4) is 0 Å². The van der Waals surface area contributed by atoms with Crippen molar-refractivity contribution in [2.45, 2.75) is 46.1 Å². The number of aromatic nitrogens is 2. The van der Waals surface area contributed by atoms with Crippen LogP contribution in [-0.4, -0.2) is 15.3 Å². The van der Waals surface area contributed by atoms with E-state index in [-0.39, 0.29) is 16.8 Å². The Hall–Kier alpha value is -2.76. The van der Waals surface area contributed by atoms with Crippen LogP contribution in [0.2, 0.25) is 0 Å². The van der Waals surface area contributed by atoms with Gasteiger partial charge in [0.2, 0.25) is 0 Å². The van der Waals surface area contributed by atoms with E-state index in [1.807, 2.05) is 6.92 Å². The Balaban J connectivity index is 1.79. The van der Waals surface area contributed by atoms with Crippen molar-refractivity contribution < 1.29 is 4.39 Å². The van der Waals surface area contributed by atoms with Gasteiger partial charge in [-0.05, 0) is 49.3 Å². The highest BCUT2D eigenvalue weighted by Crippen LogP contribution is 2.47. The minimum atomic E-state index is -0.361. The summed E-state index contributed by atoms with van der Waals surface area (Å²) < 4.78 is 16.2. The SMILES string of the molecule is C=C/C(=N\Nc1ccc(=O)n(CCC)c1)c1cnc(CC2(C)CC2)cc1F. The Morgan fingerprint density at radius 1 is 1.48 bits per heavy atom. The predicted octanol–water partition coefficient (Wildman–Crippen LogP) is 4.14. The lowest BCUT2D eigenvalue weighted by atomic mass is 10.0. The molecule has 1 N–H and O–H groups in total. The van der Waals surface area contributed by atoms with Gasteiger partial charge in [0.25, 0.3) is 5.56 Å². The maximum absolute atomic E-state index is 14.6. The van der Waals surface area contributed by atoms with E-state index in [0.717, 1.165) is 18.5 Å². The lowest BCUT2D eigenvalue weighted by molar-refractivity contribution is 0.553. The summed E-state index contributed by atoms with van der Waals surface area (Å²) >= 11 is 0. The summed E-state index contributed by atoms with van der Waals surface area (Å²) in [5, 5.41) is 4.24. The summed E-state index contributed by atoms with van der Waals surface area (Å²) in [5.41, 5.74) is 5.15. The fraction of sp³-hybridized carbons (Fsp3) is 0.381. The van der Waals surface area contributed by atoms with Crippen molar-refractivity contribution >= 4 is 11.4 Å². The van der Waals surface area contributed by atoms with E-state index in [1.165, 1.54) is 37.2 Å². The molecule has 1 aliphatic carbocycles. The largest absolute Gasteiger partial charge is 0.313 e. The Morgan fingerprint density at radius 3 is 2.89 bits per heavy atom. The van der Waals surface area contributed by atoms with Crippen molar-refractivity contribution in [2.75, 3.05) is 5.43 Å². The number of allylic oxidation sites excluding steroid dienone is 1. The lowest BCUT2D eigenvalue weighted by Gasteiger charge is -2.10. The zero-order valence-electron chi connectivity index (χ0n) is 15.8. The first-order valence-corrected chi connectivity index (χ1v) is 9.25. The number of rotatable bonds is 8. The van der Waals surface area contributed by atoms with E-state index in [2.05, 4.69) is 29.0 Å². The maximum atomic E-state index is 14.6. The van der Waals surface area contributed by atoms with Crippen LogP contribution >= 0.6 is 0 Å². The zero-order chi connectivity index (χ0) is 19.4. The molecule has 0 spiro atoms. The van der Waals surface area contributed by atoms with E-state index in [9.17, 15) is 9.18 Å². The van der Waals surface area contributed by atoms with Crippen LogP contribution in [0, 0.1) is 11.2 Å². The van der Waals surface area contributed by atoms with Gasteiger partial charge < -0.3 is 4.57 Å². The Bertz CT molecular complexity index is 928. The number of hydrogen-bond donors (Lipinski definition) is 1. The molecular weight excluding hydrogens is 343 g/mol. The van der Waals surface area contributed by atoms with Crippen molar-refractivity contribution in [3.63, 3.8) is 0 Å². The molecule has 2 heterocycles. The number of halogens is 1. The van der Waals surface area contributed by atoms with E-state index in [1.54, 1.807) is 16.8 Å². The Kier molecular flexibility index (Phi) is 5.54. The minimum Gasteiger partial charge on any atom is -0.313 e. The first-order chi connectivity index (χ1) is 12.9. The van der Waals surface area contributed by atoms with Gasteiger partial charge in [-0.2, -0.15) is 5.10 Å². The molecule has 0 amide bonds. The van der Waals surface area contributed by atoms with Crippen molar-refractivity contribution in [3.05, 3.63) is 70.7 Å². The van der Waals surface area contributed by atoms with Crippen LogP contribution in [0.5, 0.6) is 0 Å². The van der Waals surface area contributed by atoms with E-state index in [0.29, 0.717) is 23.5 Å². The molecule has 6 heteroatoms. The van der Waals surface area contributed by atoms with E-state index < -0.39 is 0 Å². The number of aryl methyl sites for hydroxylation is 1. The third-order valence-corrected chi connectivity index (χ3v) is 4.84. The average molecular weight is 368 g/mol. The molecule has 1 fully saturated rings. The third kappa shape index (κ3) is 4.70. The van der Waals surface area contributed by atoms with Gasteiger partial charge in [-0.1, -0.05) is 20.4 Å². The van der Waals surface area contributed by atoms with E-state index >= 15 is 0 Å². The fourth-order valence-corrected chi connectivity index (χ4v) is 2.94. The highest BCUT2D eigenvalue weighted by Gasteiger charge is 2.37. The molecule has 1 saturated carbocycles. The molecule has 2 aromatic heterocycles. The summed E-state index contributed by atoms with van der Waals surface area (Å²) in [5.74, 6) is -0.361. The molecule has 5 nitrogen and oxygen atoms in total. The normalized spacial score (nSPS) is 15.4. The van der Waals surface area contributed by atoms with Gasteiger partial charge in [0.15, 0.2) is 0 Å².